The van der Waals surface area contributed by atoms with Crippen LogP contribution in [0.5, 0.6) is 5.75 Å². The van der Waals surface area contributed by atoms with E-state index in [-0.39, 0.29) is 17.5 Å². The number of carbonyl (C=O) groups excluding carboxylic acids is 1. The molecule has 0 aliphatic heterocycles. The molecule has 0 saturated heterocycles. The smallest absolute Gasteiger partial charge is 0.262 e. The number of aromatic nitrogens is 2. The number of hydrogen-bond acceptors (Lipinski definition) is 5. The predicted molar refractivity (Wildman–Crippen MR) is 129 cm³/mol. The second-order valence-electron chi connectivity index (χ2n) is 8.33. The Hall–Kier alpha value is -4.31. The lowest BCUT2D eigenvalue weighted by atomic mass is 10.1. The van der Waals surface area contributed by atoms with Crippen LogP contribution < -0.4 is 10.1 Å². The fourth-order valence-corrected chi connectivity index (χ4v) is 4.35. The zero-order chi connectivity index (χ0) is 23.5. The van der Waals surface area contributed by atoms with Gasteiger partial charge in [0.05, 0.1) is 12.8 Å². The molecule has 34 heavy (non-hydrogen) atoms. The average Bonchev–Trinajstić information content (AvgIpc) is 3.62. The van der Waals surface area contributed by atoms with E-state index in [0.717, 1.165) is 36.8 Å². The maximum atomic E-state index is 12.8. The Morgan fingerprint density at radius 3 is 2.74 bits per heavy atom. The molecule has 1 amide bonds. The number of nitrogens with zero attached hydrogens (tertiary/aromatic N) is 3. The molecule has 2 heterocycles. The van der Waals surface area contributed by atoms with Crippen LogP contribution in [0.25, 0.3) is 34.2 Å². The molecule has 1 saturated carbocycles. The normalized spacial score (nSPS) is 14.3. The van der Waals surface area contributed by atoms with Gasteiger partial charge in [0.2, 0.25) is 0 Å². The van der Waals surface area contributed by atoms with Crippen molar-refractivity contribution in [2.45, 2.75) is 31.7 Å². The minimum atomic E-state index is -0.362. The molecule has 0 spiro atoms. The molecule has 7 nitrogen and oxygen atoms in total. The van der Waals surface area contributed by atoms with Gasteiger partial charge in [-0.3, -0.25) is 4.79 Å². The molecule has 7 heteroatoms. The molecule has 0 atom stereocenters. The summed E-state index contributed by atoms with van der Waals surface area (Å²) in [6, 6.07) is 19.4. The van der Waals surface area contributed by atoms with Crippen molar-refractivity contribution in [3.8, 4) is 29.0 Å². The summed E-state index contributed by atoms with van der Waals surface area (Å²) >= 11 is 0. The number of carbonyl (C=O) groups is 1. The topological polar surface area (TPSA) is 93.1 Å². The number of furan rings is 1. The molecule has 0 bridgehead atoms. The van der Waals surface area contributed by atoms with Crippen LogP contribution in [0, 0.1) is 11.3 Å². The third kappa shape index (κ3) is 4.18. The first kappa shape index (κ1) is 21.5. The Morgan fingerprint density at radius 1 is 1.21 bits per heavy atom. The van der Waals surface area contributed by atoms with E-state index in [1.165, 1.54) is 0 Å². The van der Waals surface area contributed by atoms with Crippen molar-refractivity contribution < 1.29 is 13.9 Å². The van der Waals surface area contributed by atoms with E-state index in [1.807, 2.05) is 54.6 Å². The minimum Gasteiger partial charge on any atom is -0.493 e. The van der Waals surface area contributed by atoms with Crippen molar-refractivity contribution in [3.63, 3.8) is 0 Å². The highest BCUT2D eigenvalue weighted by atomic mass is 16.5. The van der Waals surface area contributed by atoms with E-state index in [0.29, 0.717) is 28.4 Å². The fourth-order valence-electron chi connectivity index (χ4n) is 4.35. The van der Waals surface area contributed by atoms with Gasteiger partial charge < -0.3 is 14.5 Å². The van der Waals surface area contributed by atoms with Crippen molar-refractivity contribution in [1.29, 1.82) is 5.26 Å². The summed E-state index contributed by atoms with van der Waals surface area (Å²) in [6.07, 6.45) is 7.47. The molecule has 1 N–H and O–H groups in total. The number of nitrogens with one attached hydrogen (secondary N) is 1. The van der Waals surface area contributed by atoms with Gasteiger partial charge in [0, 0.05) is 23.2 Å². The summed E-state index contributed by atoms with van der Waals surface area (Å²) in [5.74, 6) is 0.782. The standard InChI is InChI=1S/C27H24N4O3/c1-33-23-13-7-8-18-15-24(34-26(18)23)25-20(17-31(30-25)22-11-3-2-4-12-22)14-19(16-28)27(32)29-21-9-5-6-10-21/h2-4,7-8,11-15,17,21H,5-6,9-10H2,1H3,(H,29,32). The van der Waals surface area contributed by atoms with Crippen molar-refractivity contribution in [2.75, 3.05) is 7.11 Å². The minimum absolute atomic E-state index is 0.0365. The Kier molecular flexibility index (Phi) is 5.88. The number of rotatable bonds is 6. The molecule has 0 radical (unpaired) electrons. The second kappa shape index (κ2) is 9.28. The van der Waals surface area contributed by atoms with Gasteiger partial charge in [-0.05, 0) is 43.2 Å². The van der Waals surface area contributed by atoms with Crippen LogP contribution in [0.2, 0.25) is 0 Å². The molecule has 0 unspecified atom stereocenters. The van der Waals surface area contributed by atoms with E-state index in [9.17, 15) is 10.1 Å². The maximum absolute atomic E-state index is 12.8. The van der Waals surface area contributed by atoms with Gasteiger partial charge in [0.15, 0.2) is 17.1 Å². The van der Waals surface area contributed by atoms with Crippen LogP contribution >= 0.6 is 0 Å². The van der Waals surface area contributed by atoms with Crippen molar-refractivity contribution in [3.05, 3.63) is 71.9 Å². The molecule has 170 valence electrons. The van der Waals surface area contributed by atoms with Gasteiger partial charge >= 0.3 is 0 Å². The van der Waals surface area contributed by atoms with E-state index in [1.54, 1.807) is 24.1 Å². The second-order valence-corrected chi connectivity index (χ2v) is 8.33. The number of hydrogen-bond donors (Lipinski definition) is 1. The van der Waals surface area contributed by atoms with E-state index in [2.05, 4.69) is 11.4 Å². The SMILES string of the molecule is COc1cccc2cc(-c3nn(-c4ccccc4)cc3C=C(C#N)C(=O)NC3CCCC3)oc12. The molecule has 1 fully saturated rings. The lowest BCUT2D eigenvalue weighted by molar-refractivity contribution is -0.117. The third-order valence-corrected chi connectivity index (χ3v) is 6.08. The number of methoxy groups -OCH3 is 1. The van der Waals surface area contributed by atoms with Gasteiger partial charge in [-0.2, -0.15) is 10.4 Å². The summed E-state index contributed by atoms with van der Waals surface area (Å²) in [5, 5.41) is 18.4. The first-order valence-corrected chi connectivity index (χ1v) is 11.3. The summed E-state index contributed by atoms with van der Waals surface area (Å²) in [6.45, 7) is 0. The number of benzene rings is 2. The van der Waals surface area contributed by atoms with Crippen molar-refractivity contribution in [1.82, 2.24) is 15.1 Å². The molecule has 4 aromatic rings. The molecule has 1 aliphatic carbocycles. The van der Waals surface area contributed by atoms with Crippen LogP contribution in [-0.2, 0) is 4.79 Å². The number of nitriles is 1. The Morgan fingerprint density at radius 2 is 2.00 bits per heavy atom. The Labute approximate surface area is 197 Å². The van der Waals surface area contributed by atoms with E-state index in [4.69, 9.17) is 14.3 Å². The molecule has 1 aliphatic rings. The predicted octanol–water partition coefficient (Wildman–Crippen LogP) is 5.26. The quantitative estimate of drug-likeness (QED) is 0.318. The highest BCUT2D eigenvalue weighted by Gasteiger charge is 2.22. The lowest BCUT2D eigenvalue weighted by Crippen LogP contribution is -2.33. The van der Waals surface area contributed by atoms with Crippen LogP contribution in [0.3, 0.4) is 0 Å². The number of amides is 1. The molecule has 5 rings (SSSR count). The summed E-state index contributed by atoms with van der Waals surface area (Å²) in [5.41, 5.74) is 2.65. The molecular formula is C27H24N4O3. The first-order chi connectivity index (χ1) is 16.7. The highest BCUT2D eigenvalue weighted by molar-refractivity contribution is 6.02. The first-order valence-electron chi connectivity index (χ1n) is 11.3. The fraction of sp³-hybridized carbons (Fsp3) is 0.222. The number of ether oxygens (including phenoxy) is 1. The van der Waals surface area contributed by atoms with Crippen LogP contribution in [0.1, 0.15) is 31.2 Å². The summed E-state index contributed by atoms with van der Waals surface area (Å²) in [4.78, 5) is 12.8. The van der Waals surface area contributed by atoms with Gasteiger partial charge in [-0.1, -0.05) is 43.2 Å². The van der Waals surface area contributed by atoms with Crippen molar-refractivity contribution in [2.24, 2.45) is 0 Å². The van der Waals surface area contributed by atoms with Gasteiger partial charge in [-0.25, -0.2) is 4.68 Å². The molecule has 2 aromatic heterocycles. The third-order valence-electron chi connectivity index (χ3n) is 6.08. The number of fused-ring (bicyclic) bond motifs is 1. The van der Waals surface area contributed by atoms with Gasteiger partial charge in [-0.15, -0.1) is 0 Å². The maximum Gasteiger partial charge on any atom is 0.262 e. The average molecular weight is 453 g/mol. The molecular weight excluding hydrogens is 428 g/mol. The van der Waals surface area contributed by atoms with Crippen LogP contribution in [-0.4, -0.2) is 28.8 Å². The zero-order valence-electron chi connectivity index (χ0n) is 18.8. The monoisotopic (exact) mass is 452 g/mol. The van der Waals surface area contributed by atoms with Crippen LogP contribution in [0.4, 0.5) is 0 Å². The van der Waals surface area contributed by atoms with Crippen LogP contribution in [0.15, 0.2) is 70.8 Å². The summed E-state index contributed by atoms with van der Waals surface area (Å²) in [7, 11) is 1.59. The largest absolute Gasteiger partial charge is 0.493 e. The zero-order valence-corrected chi connectivity index (χ0v) is 18.8. The van der Waals surface area contributed by atoms with E-state index < -0.39 is 0 Å². The highest BCUT2D eigenvalue weighted by Crippen LogP contribution is 2.35. The molecule has 2 aromatic carbocycles. The Bertz CT molecular complexity index is 1400. The van der Waals surface area contributed by atoms with Gasteiger partial charge in [0.1, 0.15) is 17.3 Å². The Balaban J connectivity index is 1.60. The van der Waals surface area contributed by atoms with Gasteiger partial charge in [0.25, 0.3) is 5.91 Å². The summed E-state index contributed by atoms with van der Waals surface area (Å²) < 4.78 is 13.3. The lowest BCUT2D eigenvalue weighted by Gasteiger charge is -2.10. The number of para-hydroxylation sites is 2. The van der Waals surface area contributed by atoms with Crippen molar-refractivity contribution >= 4 is 23.0 Å². The van der Waals surface area contributed by atoms with E-state index >= 15 is 0 Å².